The van der Waals surface area contributed by atoms with Crippen molar-refractivity contribution < 1.29 is 4.74 Å². The highest BCUT2D eigenvalue weighted by molar-refractivity contribution is 9.10. The quantitative estimate of drug-likeness (QED) is 0.862. The molecule has 0 heterocycles. The molecular formula is C17H20BrNO. The summed E-state index contributed by atoms with van der Waals surface area (Å²) in [7, 11) is 1.71. The molecule has 0 spiro atoms. The van der Waals surface area contributed by atoms with E-state index in [1.807, 2.05) is 12.1 Å². The third-order valence-electron chi connectivity index (χ3n) is 3.50. The molecule has 0 aliphatic heterocycles. The first-order valence-corrected chi connectivity index (χ1v) is 7.52. The lowest BCUT2D eigenvalue weighted by atomic mass is 10.0. The summed E-state index contributed by atoms with van der Waals surface area (Å²) in [4.78, 5) is 0. The number of nitrogens with one attached hydrogen (secondary N) is 1. The van der Waals surface area contributed by atoms with Crippen LogP contribution in [0.15, 0.2) is 46.9 Å². The average Bonchev–Trinajstić information content (AvgIpc) is 2.45. The Bertz CT molecular complexity index is 583. The Morgan fingerprint density at radius 1 is 1.20 bits per heavy atom. The predicted molar refractivity (Wildman–Crippen MR) is 87.1 cm³/mol. The van der Waals surface area contributed by atoms with E-state index in [-0.39, 0.29) is 0 Å². The van der Waals surface area contributed by atoms with Crippen LogP contribution in [0, 0.1) is 6.92 Å². The fraction of sp³-hybridized carbons (Fsp3) is 0.294. The topological polar surface area (TPSA) is 21.3 Å². The maximum Gasteiger partial charge on any atom is 0.123 e. The lowest BCUT2D eigenvalue weighted by Crippen LogP contribution is -2.19. The zero-order valence-corrected chi connectivity index (χ0v) is 13.7. The van der Waals surface area contributed by atoms with Crippen LogP contribution in [0.25, 0.3) is 0 Å². The second-order valence-corrected chi connectivity index (χ2v) is 5.83. The Balaban J connectivity index is 2.09. The van der Waals surface area contributed by atoms with E-state index in [2.05, 4.69) is 65.4 Å². The minimum absolute atomic E-state index is 0.305. The van der Waals surface area contributed by atoms with Gasteiger partial charge in [-0.25, -0.2) is 0 Å². The Labute approximate surface area is 129 Å². The van der Waals surface area contributed by atoms with Crippen molar-refractivity contribution in [3.8, 4) is 5.75 Å². The largest absolute Gasteiger partial charge is 0.496 e. The van der Waals surface area contributed by atoms with Crippen LogP contribution in [0.3, 0.4) is 0 Å². The van der Waals surface area contributed by atoms with Crippen molar-refractivity contribution in [2.45, 2.75) is 26.4 Å². The van der Waals surface area contributed by atoms with Crippen LogP contribution >= 0.6 is 15.9 Å². The van der Waals surface area contributed by atoms with Gasteiger partial charge in [-0.15, -0.1) is 0 Å². The van der Waals surface area contributed by atoms with Crippen molar-refractivity contribution in [2.24, 2.45) is 0 Å². The molecule has 1 N–H and O–H groups in total. The van der Waals surface area contributed by atoms with Crippen molar-refractivity contribution in [1.29, 1.82) is 0 Å². The van der Waals surface area contributed by atoms with Crippen LogP contribution < -0.4 is 10.1 Å². The molecule has 0 amide bonds. The minimum Gasteiger partial charge on any atom is -0.496 e. The summed E-state index contributed by atoms with van der Waals surface area (Å²) >= 11 is 3.51. The van der Waals surface area contributed by atoms with E-state index in [4.69, 9.17) is 4.74 Å². The number of hydrogen-bond acceptors (Lipinski definition) is 2. The van der Waals surface area contributed by atoms with Crippen LogP contribution in [0.4, 0.5) is 0 Å². The number of rotatable bonds is 5. The molecule has 2 aromatic carbocycles. The number of benzene rings is 2. The van der Waals surface area contributed by atoms with E-state index in [1.165, 1.54) is 11.1 Å². The molecule has 0 unspecified atom stereocenters. The molecular weight excluding hydrogens is 314 g/mol. The van der Waals surface area contributed by atoms with Crippen molar-refractivity contribution in [3.63, 3.8) is 0 Å². The number of halogens is 1. The first-order chi connectivity index (χ1) is 9.61. The molecule has 0 aliphatic carbocycles. The van der Waals surface area contributed by atoms with Gasteiger partial charge in [0, 0.05) is 22.6 Å². The summed E-state index contributed by atoms with van der Waals surface area (Å²) in [6.07, 6.45) is 0. The summed E-state index contributed by atoms with van der Waals surface area (Å²) in [6, 6.07) is 14.9. The molecule has 0 fully saturated rings. The summed E-state index contributed by atoms with van der Waals surface area (Å²) in [6.45, 7) is 5.11. The molecule has 0 radical (unpaired) electrons. The Hall–Kier alpha value is -1.32. The Kier molecular flexibility index (Phi) is 5.21. The molecule has 2 rings (SSSR count). The smallest absolute Gasteiger partial charge is 0.123 e. The maximum atomic E-state index is 5.40. The third-order valence-corrected chi connectivity index (χ3v) is 3.99. The summed E-state index contributed by atoms with van der Waals surface area (Å²) in [5.74, 6) is 0.915. The summed E-state index contributed by atoms with van der Waals surface area (Å²) in [5.41, 5.74) is 3.80. The Morgan fingerprint density at radius 2 is 1.95 bits per heavy atom. The molecule has 2 aromatic rings. The van der Waals surface area contributed by atoms with E-state index < -0.39 is 0 Å². The van der Waals surface area contributed by atoms with Gasteiger partial charge in [0.1, 0.15) is 5.75 Å². The highest BCUT2D eigenvalue weighted by Gasteiger charge is 2.09. The molecule has 2 nitrogen and oxygen atoms in total. The fourth-order valence-corrected chi connectivity index (χ4v) is 2.74. The average molecular weight is 334 g/mol. The second-order valence-electron chi connectivity index (χ2n) is 4.92. The highest BCUT2D eigenvalue weighted by Crippen LogP contribution is 2.24. The molecule has 106 valence electrons. The number of aryl methyl sites for hydroxylation is 1. The van der Waals surface area contributed by atoms with E-state index in [0.29, 0.717) is 6.04 Å². The predicted octanol–water partition coefficient (Wildman–Crippen LogP) is 4.62. The molecule has 0 saturated carbocycles. The zero-order valence-electron chi connectivity index (χ0n) is 12.1. The van der Waals surface area contributed by atoms with Crippen molar-refractivity contribution in [3.05, 3.63) is 63.6 Å². The fourth-order valence-electron chi connectivity index (χ4n) is 2.33. The van der Waals surface area contributed by atoms with E-state index in [9.17, 15) is 0 Å². The summed E-state index contributed by atoms with van der Waals surface area (Å²) in [5, 5.41) is 3.56. The van der Waals surface area contributed by atoms with Gasteiger partial charge in [-0.3, -0.25) is 0 Å². The van der Waals surface area contributed by atoms with Crippen LogP contribution in [-0.2, 0) is 6.54 Å². The molecule has 0 saturated heterocycles. The molecule has 0 bridgehead atoms. The minimum atomic E-state index is 0.305. The molecule has 3 heteroatoms. The van der Waals surface area contributed by atoms with Crippen LogP contribution in [0.1, 0.15) is 29.7 Å². The lowest BCUT2D eigenvalue weighted by molar-refractivity contribution is 0.406. The van der Waals surface area contributed by atoms with Crippen LogP contribution in [-0.4, -0.2) is 7.11 Å². The van der Waals surface area contributed by atoms with Crippen molar-refractivity contribution in [1.82, 2.24) is 5.32 Å². The molecule has 0 aromatic heterocycles. The normalized spacial score (nSPS) is 12.2. The first kappa shape index (κ1) is 15.1. The van der Waals surface area contributed by atoms with E-state index in [0.717, 1.165) is 22.3 Å². The van der Waals surface area contributed by atoms with Crippen molar-refractivity contribution in [2.75, 3.05) is 7.11 Å². The van der Waals surface area contributed by atoms with Gasteiger partial charge in [0.05, 0.1) is 7.11 Å². The highest BCUT2D eigenvalue weighted by atomic mass is 79.9. The first-order valence-electron chi connectivity index (χ1n) is 6.73. The van der Waals surface area contributed by atoms with Gasteiger partial charge in [0.25, 0.3) is 0 Å². The van der Waals surface area contributed by atoms with Gasteiger partial charge in [-0.2, -0.15) is 0 Å². The standard InChI is InChI=1S/C17H20BrNO/c1-12-6-4-5-7-16(12)13(2)19-11-14-10-15(18)8-9-17(14)20-3/h4-10,13,19H,11H2,1-3H3/t13-/m1/s1. The lowest BCUT2D eigenvalue weighted by Gasteiger charge is -2.18. The molecule has 20 heavy (non-hydrogen) atoms. The van der Waals surface area contributed by atoms with E-state index >= 15 is 0 Å². The number of hydrogen-bond donors (Lipinski definition) is 1. The van der Waals surface area contributed by atoms with Crippen LogP contribution in [0.2, 0.25) is 0 Å². The second kappa shape index (κ2) is 6.91. The van der Waals surface area contributed by atoms with Crippen molar-refractivity contribution >= 4 is 15.9 Å². The molecule has 0 aliphatic rings. The van der Waals surface area contributed by atoms with Gasteiger partial charge in [-0.1, -0.05) is 40.2 Å². The van der Waals surface area contributed by atoms with Gasteiger partial charge in [-0.05, 0) is 43.2 Å². The Morgan fingerprint density at radius 3 is 2.65 bits per heavy atom. The van der Waals surface area contributed by atoms with E-state index in [1.54, 1.807) is 7.11 Å². The number of methoxy groups -OCH3 is 1. The van der Waals surface area contributed by atoms with Gasteiger partial charge in [0.15, 0.2) is 0 Å². The maximum absolute atomic E-state index is 5.40. The van der Waals surface area contributed by atoms with Gasteiger partial charge >= 0.3 is 0 Å². The third kappa shape index (κ3) is 3.62. The number of ether oxygens (including phenoxy) is 1. The molecule has 1 atom stereocenters. The van der Waals surface area contributed by atoms with Gasteiger partial charge in [0.2, 0.25) is 0 Å². The van der Waals surface area contributed by atoms with Crippen LogP contribution in [0.5, 0.6) is 5.75 Å². The zero-order chi connectivity index (χ0) is 14.5. The monoisotopic (exact) mass is 333 g/mol. The SMILES string of the molecule is COc1ccc(Br)cc1CN[C@H](C)c1ccccc1C. The summed E-state index contributed by atoms with van der Waals surface area (Å²) < 4.78 is 6.47. The van der Waals surface area contributed by atoms with Gasteiger partial charge < -0.3 is 10.1 Å².